The van der Waals surface area contributed by atoms with E-state index in [0.29, 0.717) is 6.61 Å². The van der Waals surface area contributed by atoms with Gasteiger partial charge in [-0.15, -0.1) is 10.2 Å². The van der Waals surface area contributed by atoms with Crippen LogP contribution in [0.4, 0.5) is 0 Å². The highest BCUT2D eigenvalue weighted by molar-refractivity contribution is 5.37. The summed E-state index contributed by atoms with van der Waals surface area (Å²) in [6.07, 6.45) is 4.03. The summed E-state index contributed by atoms with van der Waals surface area (Å²) in [6.45, 7) is 3.56. The predicted octanol–water partition coefficient (Wildman–Crippen LogP) is 4.59. The minimum Gasteiger partial charge on any atom is -0.494 e. The third kappa shape index (κ3) is 5.00. The lowest BCUT2D eigenvalue weighted by atomic mass is 10.1. The van der Waals surface area contributed by atoms with Crippen LogP contribution in [0.3, 0.4) is 0 Å². The number of aryl methyl sites for hydroxylation is 1. The summed E-state index contributed by atoms with van der Waals surface area (Å²) in [7, 11) is 0. The molecule has 5 nitrogen and oxygen atoms in total. The van der Waals surface area contributed by atoms with Gasteiger partial charge >= 0.3 is 0 Å². The number of pyridine rings is 1. The Morgan fingerprint density at radius 3 is 2.66 bits per heavy atom. The second-order valence-corrected chi connectivity index (χ2v) is 7.17. The molecule has 0 aliphatic carbocycles. The van der Waals surface area contributed by atoms with Crippen LogP contribution >= 0.6 is 0 Å². The van der Waals surface area contributed by atoms with Crippen LogP contribution in [0.25, 0.3) is 5.65 Å². The second kappa shape index (κ2) is 9.34. The number of benzene rings is 2. The number of rotatable bonds is 9. The maximum atomic E-state index is 5.95. The summed E-state index contributed by atoms with van der Waals surface area (Å²) in [5.74, 6) is 1.83. The fourth-order valence-electron chi connectivity index (χ4n) is 3.37. The first-order valence-electron chi connectivity index (χ1n) is 10.1. The Hall–Kier alpha value is -3.18. The van der Waals surface area contributed by atoms with Gasteiger partial charge in [0.05, 0.1) is 12.6 Å². The Morgan fingerprint density at radius 1 is 0.931 bits per heavy atom. The van der Waals surface area contributed by atoms with Gasteiger partial charge in [0.1, 0.15) is 5.75 Å². The molecular formula is C24H26N4O. The topological polar surface area (TPSA) is 51.5 Å². The number of fused-ring (bicyclic) bond motifs is 1. The highest BCUT2D eigenvalue weighted by atomic mass is 16.5. The standard InChI is InChI=1S/C24H26N4O/c1-19(24-27-26-23-14-5-6-15-28(23)24)25-18-21-11-7-13-22(17-21)29-16-8-12-20-9-3-2-4-10-20/h2-7,9-11,13-15,17,19,25H,8,12,16,18H2,1H3. The van der Waals surface area contributed by atoms with Crippen molar-refractivity contribution in [1.82, 2.24) is 19.9 Å². The number of hydrogen-bond acceptors (Lipinski definition) is 4. The van der Waals surface area contributed by atoms with E-state index in [1.165, 1.54) is 11.1 Å². The molecule has 148 valence electrons. The lowest BCUT2D eigenvalue weighted by molar-refractivity contribution is 0.310. The lowest BCUT2D eigenvalue weighted by Crippen LogP contribution is -2.20. The van der Waals surface area contributed by atoms with E-state index < -0.39 is 0 Å². The van der Waals surface area contributed by atoms with Gasteiger partial charge in [0, 0.05) is 12.7 Å². The van der Waals surface area contributed by atoms with Crippen molar-refractivity contribution >= 4 is 5.65 Å². The van der Waals surface area contributed by atoms with Crippen LogP contribution in [0.5, 0.6) is 5.75 Å². The van der Waals surface area contributed by atoms with E-state index >= 15 is 0 Å². The van der Waals surface area contributed by atoms with Crippen LogP contribution < -0.4 is 10.1 Å². The second-order valence-electron chi connectivity index (χ2n) is 7.17. The molecule has 0 radical (unpaired) electrons. The van der Waals surface area contributed by atoms with Crippen LogP contribution in [0.15, 0.2) is 79.0 Å². The zero-order chi connectivity index (χ0) is 19.9. The molecule has 0 fully saturated rings. The molecule has 2 aromatic carbocycles. The van der Waals surface area contributed by atoms with Gasteiger partial charge in [0.2, 0.25) is 0 Å². The Labute approximate surface area is 171 Å². The molecule has 29 heavy (non-hydrogen) atoms. The van der Waals surface area contributed by atoms with Crippen LogP contribution in [0, 0.1) is 0 Å². The zero-order valence-corrected chi connectivity index (χ0v) is 16.7. The van der Waals surface area contributed by atoms with Gasteiger partial charge in [-0.2, -0.15) is 0 Å². The first-order valence-corrected chi connectivity index (χ1v) is 10.1. The maximum Gasteiger partial charge on any atom is 0.160 e. The number of aromatic nitrogens is 3. The fourth-order valence-corrected chi connectivity index (χ4v) is 3.37. The van der Waals surface area contributed by atoms with Gasteiger partial charge in [0.15, 0.2) is 11.5 Å². The van der Waals surface area contributed by atoms with Crippen LogP contribution in [-0.4, -0.2) is 21.2 Å². The number of nitrogens with one attached hydrogen (secondary N) is 1. The Morgan fingerprint density at radius 2 is 1.76 bits per heavy atom. The Balaban J connectivity index is 1.28. The molecule has 2 aromatic heterocycles. The van der Waals surface area contributed by atoms with Gasteiger partial charge in [-0.3, -0.25) is 4.40 Å². The maximum absolute atomic E-state index is 5.95. The SMILES string of the molecule is CC(NCc1cccc(OCCCc2ccccc2)c1)c1nnc2ccccn12. The number of nitrogens with zero attached hydrogens (tertiary/aromatic N) is 3. The molecule has 0 saturated heterocycles. The van der Waals surface area contributed by atoms with Crippen molar-refractivity contribution in [1.29, 1.82) is 0 Å². The molecule has 0 aliphatic heterocycles. The Kier molecular flexibility index (Phi) is 6.17. The zero-order valence-electron chi connectivity index (χ0n) is 16.7. The molecular weight excluding hydrogens is 360 g/mol. The van der Waals surface area contributed by atoms with E-state index in [-0.39, 0.29) is 6.04 Å². The van der Waals surface area contributed by atoms with Crippen LogP contribution in [-0.2, 0) is 13.0 Å². The van der Waals surface area contributed by atoms with Gasteiger partial charge in [-0.05, 0) is 55.2 Å². The molecule has 1 unspecified atom stereocenters. The molecule has 0 saturated carbocycles. The van der Waals surface area contributed by atoms with Crippen molar-refractivity contribution in [2.75, 3.05) is 6.61 Å². The molecule has 1 atom stereocenters. The number of hydrogen-bond donors (Lipinski definition) is 1. The van der Waals surface area contributed by atoms with E-state index in [2.05, 4.69) is 58.8 Å². The molecule has 4 rings (SSSR count). The van der Waals surface area contributed by atoms with Crippen molar-refractivity contribution in [3.8, 4) is 5.75 Å². The summed E-state index contributed by atoms with van der Waals surface area (Å²) in [4.78, 5) is 0. The van der Waals surface area contributed by atoms with Gasteiger partial charge in [0.25, 0.3) is 0 Å². The van der Waals surface area contributed by atoms with Gasteiger partial charge < -0.3 is 10.1 Å². The quantitative estimate of drug-likeness (QED) is 0.428. The first-order chi connectivity index (χ1) is 14.3. The summed E-state index contributed by atoms with van der Waals surface area (Å²) in [5.41, 5.74) is 3.40. The monoisotopic (exact) mass is 386 g/mol. The van der Waals surface area contributed by atoms with E-state index in [9.17, 15) is 0 Å². The smallest absolute Gasteiger partial charge is 0.160 e. The van der Waals surface area contributed by atoms with Crippen LogP contribution in [0.1, 0.15) is 36.3 Å². The molecule has 1 N–H and O–H groups in total. The van der Waals surface area contributed by atoms with E-state index in [0.717, 1.165) is 36.6 Å². The molecule has 5 heteroatoms. The molecule has 0 bridgehead atoms. The van der Waals surface area contributed by atoms with Crippen molar-refractivity contribution in [2.45, 2.75) is 32.4 Å². The van der Waals surface area contributed by atoms with Gasteiger partial charge in [-0.1, -0.05) is 48.5 Å². The van der Waals surface area contributed by atoms with E-state index in [1.54, 1.807) is 0 Å². The molecule has 0 aliphatic rings. The average Bonchev–Trinajstić information content (AvgIpc) is 3.20. The van der Waals surface area contributed by atoms with Crippen molar-refractivity contribution in [3.63, 3.8) is 0 Å². The average molecular weight is 386 g/mol. The highest BCUT2D eigenvalue weighted by Gasteiger charge is 2.12. The minimum absolute atomic E-state index is 0.0860. The normalized spacial score (nSPS) is 12.2. The van der Waals surface area contributed by atoms with Crippen molar-refractivity contribution in [2.24, 2.45) is 0 Å². The fraction of sp³-hybridized carbons (Fsp3) is 0.250. The van der Waals surface area contributed by atoms with E-state index in [1.807, 2.05) is 47.0 Å². The number of ether oxygens (including phenoxy) is 1. The molecule has 0 amide bonds. The molecule has 4 aromatic rings. The third-order valence-corrected chi connectivity index (χ3v) is 4.96. The Bertz CT molecular complexity index is 1040. The van der Waals surface area contributed by atoms with Crippen molar-refractivity contribution in [3.05, 3.63) is 95.9 Å². The lowest BCUT2D eigenvalue weighted by Gasteiger charge is -2.13. The van der Waals surface area contributed by atoms with Gasteiger partial charge in [-0.25, -0.2) is 0 Å². The van der Waals surface area contributed by atoms with Crippen LogP contribution in [0.2, 0.25) is 0 Å². The highest BCUT2D eigenvalue weighted by Crippen LogP contribution is 2.16. The first kappa shape index (κ1) is 19.2. The largest absolute Gasteiger partial charge is 0.494 e. The summed E-state index contributed by atoms with van der Waals surface area (Å²) in [5, 5.41) is 12.1. The van der Waals surface area contributed by atoms with E-state index in [4.69, 9.17) is 4.74 Å². The summed E-state index contributed by atoms with van der Waals surface area (Å²) >= 11 is 0. The molecule has 2 heterocycles. The minimum atomic E-state index is 0.0860. The molecule has 0 spiro atoms. The predicted molar refractivity (Wildman–Crippen MR) is 115 cm³/mol. The summed E-state index contributed by atoms with van der Waals surface area (Å²) < 4.78 is 7.97. The summed E-state index contributed by atoms with van der Waals surface area (Å²) in [6, 6.07) is 24.8. The van der Waals surface area contributed by atoms with Crippen molar-refractivity contribution < 1.29 is 4.74 Å². The third-order valence-electron chi connectivity index (χ3n) is 4.96.